The molecule has 2 nitrogen and oxygen atoms in total. The highest BCUT2D eigenvalue weighted by Gasteiger charge is 2.02. The van der Waals surface area contributed by atoms with Crippen molar-refractivity contribution in [3.8, 4) is 23.3 Å². The number of ether oxygens (including phenoxy) is 2. The number of benzene rings is 2. The third kappa shape index (κ3) is 4.70. The zero-order valence-corrected chi connectivity index (χ0v) is 12.3. The largest absolute Gasteiger partial charge is 0.497 e. The predicted molar refractivity (Wildman–Crippen MR) is 81.3 cm³/mol. The number of halogens is 2. The Morgan fingerprint density at radius 2 is 1.86 bits per heavy atom. The topological polar surface area (TPSA) is 18.5 Å². The standard InChI is InChI=1S/C17H14ClFO2/c1-20-16-6-4-13(5-7-16)12-21-17-10-14(3-2-8-18)9-15(19)11-17/h4-7,9-11H,8,12H2,1H3. The second kappa shape index (κ2) is 7.56. The summed E-state index contributed by atoms with van der Waals surface area (Å²) in [5.74, 6) is 6.49. The second-order valence-electron chi connectivity index (χ2n) is 4.25. The Hall–Kier alpha value is -2.18. The normalized spacial score (nSPS) is 9.67. The van der Waals surface area contributed by atoms with Crippen molar-refractivity contribution in [2.24, 2.45) is 0 Å². The van der Waals surface area contributed by atoms with Gasteiger partial charge in [0.1, 0.15) is 23.9 Å². The second-order valence-corrected chi connectivity index (χ2v) is 4.52. The van der Waals surface area contributed by atoms with Crippen LogP contribution in [-0.2, 0) is 6.61 Å². The number of alkyl halides is 1. The Bertz CT molecular complexity index is 657. The van der Waals surface area contributed by atoms with E-state index in [1.807, 2.05) is 24.3 Å². The minimum atomic E-state index is -0.388. The molecule has 0 aliphatic carbocycles. The molecule has 0 radical (unpaired) electrons. The summed E-state index contributed by atoms with van der Waals surface area (Å²) in [6.45, 7) is 0.343. The summed E-state index contributed by atoms with van der Waals surface area (Å²) >= 11 is 5.49. The molecule has 0 amide bonds. The first-order valence-electron chi connectivity index (χ1n) is 6.32. The molecule has 0 bridgehead atoms. The van der Waals surface area contributed by atoms with Crippen LogP contribution < -0.4 is 9.47 Å². The molecule has 0 aliphatic rings. The van der Waals surface area contributed by atoms with Crippen molar-refractivity contribution in [1.82, 2.24) is 0 Å². The number of hydrogen-bond donors (Lipinski definition) is 0. The highest BCUT2D eigenvalue weighted by Crippen LogP contribution is 2.18. The van der Waals surface area contributed by atoms with E-state index < -0.39 is 0 Å². The van der Waals surface area contributed by atoms with Gasteiger partial charge in [0.15, 0.2) is 0 Å². The van der Waals surface area contributed by atoms with Crippen LogP contribution in [0.1, 0.15) is 11.1 Å². The summed E-state index contributed by atoms with van der Waals surface area (Å²) < 4.78 is 24.2. The maximum atomic E-state index is 13.5. The van der Waals surface area contributed by atoms with Gasteiger partial charge < -0.3 is 9.47 Å². The van der Waals surface area contributed by atoms with Crippen molar-refractivity contribution < 1.29 is 13.9 Å². The van der Waals surface area contributed by atoms with Crippen molar-refractivity contribution in [3.63, 3.8) is 0 Å². The molecule has 0 aromatic heterocycles. The van der Waals surface area contributed by atoms with E-state index in [0.717, 1.165) is 11.3 Å². The molecule has 0 N–H and O–H groups in total. The summed E-state index contributed by atoms with van der Waals surface area (Å²) in [5.41, 5.74) is 1.51. The van der Waals surface area contributed by atoms with Crippen LogP contribution in [0.5, 0.6) is 11.5 Å². The summed E-state index contributed by atoms with van der Waals surface area (Å²) in [4.78, 5) is 0. The quantitative estimate of drug-likeness (QED) is 0.628. The van der Waals surface area contributed by atoms with Crippen LogP contribution in [0, 0.1) is 17.7 Å². The fourth-order valence-electron chi connectivity index (χ4n) is 1.74. The fraction of sp³-hybridized carbons (Fsp3) is 0.176. The maximum absolute atomic E-state index is 13.5. The minimum absolute atomic E-state index is 0.207. The van der Waals surface area contributed by atoms with E-state index in [0.29, 0.717) is 17.9 Å². The highest BCUT2D eigenvalue weighted by atomic mass is 35.5. The number of rotatable bonds is 4. The lowest BCUT2D eigenvalue weighted by atomic mass is 10.2. The SMILES string of the molecule is COc1ccc(COc2cc(F)cc(C#CCCl)c2)cc1. The van der Waals surface area contributed by atoms with Crippen LogP contribution >= 0.6 is 11.6 Å². The predicted octanol–water partition coefficient (Wildman–Crippen LogP) is 4.00. The van der Waals surface area contributed by atoms with Crippen molar-refractivity contribution >= 4 is 11.6 Å². The molecule has 0 unspecified atom stereocenters. The zero-order chi connectivity index (χ0) is 15.1. The van der Waals surface area contributed by atoms with Gasteiger partial charge in [-0.25, -0.2) is 4.39 Å². The van der Waals surface area contributed by atoms with Crippen LogP contribution in [-0.4, -0.2) is 13.0 Å². The van der Waals surface area contributed by atoms with E-state index in [4.69, 9.17) is 21.1 Å². The summed E-state index contributed by atoms with van der Waals surface area (Å²) in [5, 5.41) is 0. The zero-order valence-electron chi connectivity index (χ0n) is 11.5. The Morgan fingerprint density at radius 3 is 2.52 bits per heavy atom. The first kappa shape index (κ1) is 15.2. The van der Waals surface area contributed by atoms with E-state index in [2.05, 4.69) is 11.8 Å². The lowest BCUT2D eigenvalue weighted by molar-refractivity contribution is 0.304. The van der Waals surface area contributed by atoms with Crippen LogP contribution in [0.25, 0.3) is 0 Å². The van der Waals surface area contributed by atoms with Gasteiger partial charge in [-0.2, -0.15) is 0 Å². The first-order chi connectivity index (χ1) is 10.2. The lowest BCUT2D eigenvalue weighted by Crippen LogP contribution is -1.96. The number of hydrogen-bond acceptors (Lipinski definition) is 2. The van der Waals surface area contributed by atoms with Crippen LogP contribution in [0.3, 0.4) is 0 Å². The van der Waals surface area contributed by atoms with Gasteiger partial charge in [-0.1, -0.05) is 24.0 Å². The van der Waals surface area contributed by atoms with Crippen LogP contribution in [0.4, 0.5) is 4.39 Å². The van der Waals surface area contributed by atoms with Crippen molar-refractivity contribution in [2.75, 3.05) is 13.0 Å². The molecule has 2 rings (SSSR count). The molecule has 4 heteroatoms. The lowest BCUT2D eigenvalue weighted by Gasteiger charge is -2.08. The third-order valence-electron chi connectivity index (χ3n) is 2.74. The maximum Gasteiger partial charge on any atom is 0.128 e. The van der Waals surface area contributed by atoms with Gasteiger partial charge >= 0.3 is 0 Å². The Balaban J connectivity index is 2.06. The van der Waals surface area contributed by atoms with Crippen molar-refractivity contribution in [1.29, 1.82) is 0 Å². The molecular formula is C17H14ClFO2. The van der Waals surface area contributed by atoms with Gasteiger partial charge in [0.2, 0.25) is 0 Å². The molecule has 2 aromatic carbocycles. The summed E-state index contributed by atoms with van der Waals surface area (Å²) in [7, 11) is 1.61. The summed E-state index contributed by atoms with van der Waals surface area (Å²) in [6.07, 6.45) is 0. The Morgan fingerprint density at radius 1 is 1.10 bits per heavy atom. The fourth-order valence-corrected chi connectivity index (χ4v) is 1.81. The van der Waals surface area contributed by atoms with Gasteiger partial charge in [-0.15, -0.1) is 11.6 Å². The van der Waals surface area contributed by atoms with E-state index in [9.17, 15) is 4.39 Å². The molecule has 0 heterocycles. The van der Waals surface area contributed by atoms with Gasteiger partial charge in [-0.05, 0) is 29.8 Å². The minimum Gasteiger partial charge on any atom is -0.497 e. The van der Waals surface area contributed by atoms with Gasteiger partial charge in [0.05, 0.1) is 13.0 Å². The molecule has 21 heavy (non-hydrogen) atoms. The molecule has 0 saturated heterocycles. The van der Waals surface area contributed by atoms with Crippen molar-refractivity contribution in [2.45, 2.75) is 6.61 Å². The molecule has 2 aromatic rings. The molecule has 0 atom stereocenters. The van der Waals surface area contributed by atoms with E-state index in [1.54, 1.807) is 13.2 Å². The Kier molecular flexibility index (Phi) is 5.48. The summed E-state index contributed by atoms with van der Waals surface area (Å²) in [6, 6.07) is 11.9. The van der Waals surface area contributed by atoms with Crippen LogP contribution in [0.2, 0.25) is 0 Å². The average molecular weight is 305 g/mol. The van der Waals surface area contributed by atoms with Gasteiger partial charge in [0.25, 0.3) is 0 Å². The van der Waals surface area contributed by atoms with E-state index >= 15 is 0 Å². The molecule has 108 valence electrons. The molecule has 0 fully saturated rings. The van der Waals surface area contributed by atoms with E-state index in [-0.39, 0.29) is 11.7 Å². The third-order valence-corrected chi connectivity index (χ3v) is 2.87. The Labute approximate surface area is 128 Å². The van der Waals surface area contributed by atoms with Crippen molar-refractivity contribution in [3.05, 3.63) is 59.4 Å². The van der Waals surface area contributed by atoms with Gasteiger partial charge in [-0.3, -0.25) is 0 Å². The molecule has 0 aliphatic heterocycles. The number of methoxy groups -OCH3 is 1. The highest BCUT2D eigenvalue weighted by molar-refractivity contribution is 6.19. The molecular weight excluding hydrogens is 291 g/mol. The molecule has 0 saturated carbocycles. The smallest absolute Gasteiger partial charge is 0.128 e. The van der Waals surface area contributed by atoms with Crippen LogP contribution in [0.15, 0.2) is 42.5 Å². The average Bonchev–Trinajstić information content (AvgIpc) is 2.51. The van der Waals surface area contributed by atoms with Gasteiger partial charge in [0, 0.05) is 11.6 Å². The molecule has 0 spiro atoms. The monoisotopic (exact) mass is 304 g/mol. The first-order valence-corrected chi connectivity index (χ1v) is 6.86. The van der Waals surface area contributed by atoms with E-state index in [1.165, 1.54) is 12.1 Å².